The van der Waals surface area contributed by atoms with Gasteiger partial charge in [-0.05, 0) is 25.1 Å². The van der Waals surface area contributed by atoms with Crippen LogP contribution in [0.25, 0.3) is 10.9 Å². The summed E-state index contributed by atoms with van der Waals surface area (Å²) in [5.41, 5.74) is 4.19. The van der Waals surface area contributed by atoms with Crippen LogP contribution < -0.4 is 4.90 Å². The molecule has 0 unspecified atom stereocenters. The Kier molecular flexibility index (Phi) is 3.84. The molecule has 0 saturated carbocycles. The van der Waals surface area contributed by atoms with Crippen LogP contribution in [0.4, 0.5) is 5.69 Å². The van der Waals surface area contributed by atoms with E-state index in [9.17, 15) is 0 Å². The number of aromatic nitrogens is 1. The number of fused-ring (bicyclic) bond motifs is 1. The van der Waals surface area contributed by atoms with E-state index in [0.717, 1.165) is 34.6 Å². The summed E-state index contributed by atoms with van der Waals surface area (Å²) in [5, 5.41) is 1.13. The van der Waals surface area contributed by atoms with Crippen molar-refractivity contribution in [1.82, 2.24) is 4.98 Å². The third kappa shape index (κ3) is 2.74. The number of pyridine rings is 1. The molecule has 0 fully saturated rings. The molecule has 3 aromatic rings. The number of halogens is 1. The van der Waals surface area contributed by atoms with E-state index in [1.807, 2.05) is 31.2 Å². The van der Waals surface area contributed by atoms with Crippen LogP contribution in [0.2, 0.25) is 0 Å². The molecular weight excluding hydrogens is 284 g/mol. The molecule has 0 spiro atoms. The minimum absolute atomic E-state index is 0.413. The summed E-state index contributed by atoms with van der Waals surface area (Å²) in [6.07, 6.45) is 1.73. The average Bonchev–Trinajstić information content (AvgIpc) is 2.91. The molecule has 2 heterocycles. The van der Waals surface area contributed by atoms with Gasteiger partial charge >= 0.3 is 0 Å². The summed E-state index contributed by atoms with van der Waals surface area (Å²) in [6.45, 7) is 2.77. The zero-order valence-electron chi connectivity index (χ0n) is 12.1. The Morgan fingerprint density at radius 3 is 2.76 bits per heavy atom. The Morgan fingerprint density at radius 2 is 2.05 bits per heavy atom. The fourth-order valence-corrected chi connectivity index (χ4v) is 2.65. The van der Waals surface area contributed by atoms with E-state index in [2.05, 4.69) is 29.1 Å². The van der Waals surface area contributed by atoms with Crippen molar-refractivity contribution < 1.29 is 4.42 Å². The van der Waals surface area contributed by atoms with Gasteiger partial charge in [0.1, 0.15) is 5.76 Å². The van der Waals surface area contributed by atoms with Gasteiger partial charge in [0.15, 0.2) is 0 Å². The van der Waals surface area contributed by atoms with Crippen LogP contribution in [0.1, 0.15) is 17.0 Å². The Balaban J connectivity index is 2.04. The molecule has 0 aliphatic heterocycles. The van der Waals surface area contributed by atoms with Crippen LogP contribution in [-0.4, -0.2) is 12.0 Å². The molecule has 0 aliphatic carbocycles. The third-order valence-electron chi connectivity index (χ3n) is 3.67. The second-order valence-electron chi connectivity index (χ2n) is 5.14. The summed E-state index contributed by atoms with van der Waals surface area (Å²) >= 11 is 5.98. The van der Waals surface area contributed by atoms with Crippen LogP contribution in [0.5, 0.6) is 0 Å². The van der Waals surface area contributed by atoms with Crippen molar-refractivity contribution in [2.45, 2.75) is 19.3 Å². The maximum absolute atomic E-state index is 5.98. The van der Waals surface area contributed by atoms with Gasteiger partial charge < -0.3 is 9.32 Å². The molecular formula is C17H17ClN2O. The van der Waals surface area contributed by atoms with Gasteiger partial charge in [-0.2, -0.15) is 0 Å². The van der Waals surface area contributed by atoms with E-state index in [1.165, 1.54) is 5.56 Å². The molecule has 0 bridgehead atoms. The van der Waals surface area contributed by atoms with Crippen LogP contribution in [0.3, 0.4) is 0 Å². The number of furan rings is 1. The molecule has 0 N–H and O–H groups in total. The van der Waals surface area contributed by atoms with Gasteiger partial charge in [-0.25, -0.2) is 0 Å². The smallest absolute Gasteiger partial charge is 0.105 e. The first kappa shape index (κ1) is 14.0. The van der Waals surface area contributed by atoms with Crippen LogP contribution in [0.15, 0.2) is 47.1 Å². The maximum Gasteiger partial charge on any atom is 0.105 e. The number of anilines is 1. The Morgan fingerprint density at radius 1 is 1.24 bits per heavy atom. The van der Waals surface area contributed by atoms with Gasteiger partial charge in [-0.15, -0.1) is 11.6 Å². The SMILES string of the molecule is Cc1occc1CN(C)c1cc(CCl)nc2ccccc12. The molecule has 0 aliphatic rings. The lowest BCUT2D eigenvalue weighted by Crippen LogP contribution is -2.17. The first-order valence-corrected chi connectivity index (χ1v) is 7.41. The lowest BCUT2D eigenvalue weighted by atomic mass is 10.1. The summed E-state index contributed by atoms with van der Waals surface area (Å²) in [4.78, 5) is 6.78. The molecule has 108 valence electrons. The quantitative estimate of drug-likeness (QED) is 0.664. The molecule has 0 amide bonds. The zero-order chi connectivity index (χ0) is 14.8. The van der Waals surface area contributed by atoms with Crippen LogP contribution in [-0.2, 0) is 12.4 Å². The number of hydrogen-bond acceptors (Lipinski definition) is 3. The Hall–Kier alpha value is -2.00. The lowest BCUT2D eigenvalue weighted by Gasteiger charge is -2.21. The van der Waals surface area contributed by atoms with Gasteiger partial charge in [-0.3, -0.25) is 4.98 Å². The molecule has 0 atom stereocenters. The molecule has 4 heteroatoms. The molecule has 2 aromatic heterocycles. The van der Waals surface area contributed by atoms with E-state index < -0.39 is 0 Å². The Labute approximate surface area is 129 Å². The number of aryl methyl sites for hydroxylation is 1. The topological polar surface area (TPSA) is 29.3 Å². The summed E-state index contributed by atoms with van der Waals surface area (Å²) in [7, 11) is 2.08. The number of benzene rings is 1. The summed E-state index contributed by atoms with van der Waals surface area (Å²) in [6, 6.07) is 12.2. The zero-order valence-corrected chi connectivity index (χ0v) is 12.9. The lowest BCUT2D eigenvalue weighted by molar-refractivity contribution is 0.529. The monoisotopic (exact) mass is 300 g/mol. The van der Waals surface area contributed by atoms with Crippen molar-refractivity contribution in [2.24, 2.45) is 0 Å². The second kappa shape index (κ2) is 5.78. The van der Waals surface area contributed by atoms with Crippen LogP contribution in [0, 0.1) is 6.92 Å². The predicted octanol–water partition coefficient (Wildman–Crippen LogP) is 4.51. The van der Waals surface area contributed by atoms with Crippen molar-refractivity contribution in [3.05, 3.63) is 59.7 Å². The highest BCUT2D eigenvalue weighted by Gasteiger charge is 2.11. The fourth-order valence-electron chi connectivity index (χ4n) is 2.51. The van der Waals surface area contributed by atoms with E-state index in [4.69, 9.17) is 16.0 Å². The summed E-state index contributed by atoms with van der Waals surface area (Å²) in [5.74, 6) is 1.37. The molecule has 1 aromatic carbocycles. The largest absolute Gasteiger partial charge is 0.469 e. The fraction of sp³-hybridized carbons (Fsp3) is 0.235. The Bertz CT molecular complexity index is 766. The molecule has 0 saturated heterocycles. The molecule has 3 nitrogen and oxygen atoms in total. The van der Waals surface area contributed by atoms with Gasteiger partial charge in [0.25, 0.3) is 0 Å². The van der Waals surface area contributed by atoms with E-state index in [1.54, 1.807) is 6.26 Å². The first-order valence-electron chi connectivity index (χ1n) is 6.88. The van der Waals surface area contributed by atoms with Crippen LogP contribution >= 0.6 is 11.6 Å². The molecule has 21 heavy (non-hydrogen) atoms. The molecule has 3 rings (SSSR count). The standard InChI is InChI=1S/C17H17ClN2O/c1-12-13(7-8-21-12)11-20(2)17-9-14(10-18)19-16-6-4-3-5-15(16)17/h3-9H,10-11H2,1-2H3. The van der Waals surface area contributed by atoms with Gasteiger partial charge in [-0.1, -0.05) is 18.2 Å². The second-order valence-corrected chi connectivity index (χ2v) is 5.41. The number of hydrogen-bond donors (Lipinski definition) is 0. The van der Waals surface area contributed by atoms with Crippen molar-refractivity contribution in [3.8, 4) is 0 Å². The van der Waals surface area contributed by atoms with Gasteiger partial charge in [0, 0.05) is 30.2 Å². The van der Waals surface area contributed by atoms with Crippen molar-refractivity contribution in [2.75, 3.05) is 11.9 Å². The average molecular weight is 301 g/mol. The highest BCUT2D eigenvalue weighted by Crippen LogP contribution is 2.28. The van der Waals surface area contributed by atoms with E-state index in [0.29, 0.717) is 5.88 Å². The maximum atomic E-state index is 5.98. The van der Waals surface area contributed by atoms with Crippen molar-refractivity contribution >= 4 is 28.2 Å². The van der Waals surface area contributed by atoms with Crippen molar-refractivity contribution in [3.63, 3.8) is 0 Å². The normalized spacial score (nSPS) is 11.0. The third-order valence-corrected chi connectivity index (χ3v) is 3.94. The van der Waals surface area contributed by atoms with Crippen molar-refractivity contribution in [1.29, 1.82) is 0 Å². The highest BCUT2D eigenvalue weighted by molar-refractivity contribution is 6.17. The summed E-state index contributed by atoms with van der Waals surface area (Å²) < 4.78 is 5.37. The van der Waals surface area contributed by atoms with E-state index in [-0.39, 0.29) is 0 Å². The predicted molar refractivity (Wildman–Crippen MR) is 86.9 cm³/mol. The van der Waals surface area contributed by atoms with Gasteiger partial charge in [0.2, 0.25) is 0 Å². The minimum atomic E-state index is 0.413. The number of rotatable bonds is 4. The number of para-hydroxylation sites is 1. The number of alkyl halides is 1. The van der Waals surface area contributed by atoms with Gasteiger partial charge in [0.05, 0.1) is 23.4 Å². The number of nitrogens with zero attached hydrogens (tertiary/aromatic N) is 2. The first-order chi connectivity index (χ1) is 10.2. The molecule has 0 radical (unpaired) electrons. The highest BCUT2D eigenvalue weighted by atomic mass is 35.5. The van der Waals surface area contributed by atoms with E-state index >= 15 is 0 Å². The minimum Gasteiger partial charge on any atom is -0.469 e.